The molecule has 2 aliphatic heterocycles. The first-order valence-electron chi connectivity index (χ1n) is 23.8. The average molecular weight is 738 g/mol. The molecule has 4 rings (SSSR count). The van der Waals surface area contributed by atoms with Crippen molar-refractivity contribution >= 4 is 0 Å². The fourth-order valence-electron chi connectivity index (χ4n) is 8.63. The molecular formula is C47H103N5. The fourth-order valence-corrected chi connectivity index (χ4v) is 8.63. The van der Waals surface area contributed by atoms with Gasteiger partial charge in [-0.05, 0) is 102 Å². The van der Waals surface area contributed by atoms with Gasteiger partial charge in [-0.3, -0.25) is 9.80 Å². The molecule has 0 aromatic carbocycles. The monoisotopic (exact) mass is 738 g/mol. The maximum atomic E-state index is 3.47. The molecule has 5 heteroatoms. The minimum absolute atomic E-state index is 0.833. The molecule has 1 N–H and O–H groups in total. The molecule has 52 heavy (non-hydrogen) atoms. The van der Waals surface area contributed by atoms with Gasteiger partial charge in [0, 0.05) is 70.5 Å². The first kappa shape index (κ1) is 53.9. The van der Waals surface area contributed by atoms with Crippen molar-refractivity contribution < 1.29 is 0 Å². The van der Waals surface area contributed by atoms with Gasteiger partial charge in [-0.1, -0.05) is 135 Å². The molecule has 0 spiro atoms. The van der Waals surface area contributed by atoms with Gasteiger partial charge in [-0.2, -0.15) is 0 Å². The van der Waals surface area contributed by atoms with Crippen LogP contribution in [0.4, 0.5) is 0 Å². The number of piperazine rings is 2. The van der Waals surface area contributed by atoms with Crippen LogP contribution in [0.25, 0.3) is 0 Å². The van der Waals surface area contributed by atoms with E-state index < -0.39 is 0 Å². The van der Waals surface area contributed by atoms with E-state index in [1.807, 2.05) is 13.8 Å². The number of likely N-dealkylation sites (N-methyl/N-ethyl adjacent to an activating group) is 1. The van der Waals surface area contributed by atoms with E-state index in [0.717, 1.165) is 35.9 Å². The Morgan fingerprint density at radius 1 is 0.538 bits per heavy atom. The van der Waals surface area contributed by atoms with Crippen molar-refractivity contribution in [2.45, 2.75) is 218 Å². The Morgan fingerprint density at radius 3 is 1.27 bits per heavy atom. The third-order valence-corrected chi connectivity index (χ3v) is 11.0. The second kappa shape index (κ2) is 37.7. The highest BCUT2D eigenvalue weighted by Crippen LogP contribution is 2.36. The van der Waals surface area contributed by atoms with Crippen LogP contribution >= 0.6 is 0 Å². The quantitative estimate of drug-likeness (QED) is 0.203. The van der Waals surface area contributed by atoms with Crippen LogP contribution in [-0.4, -0.2) is 110 Å². The smallest absolute Gasteiger partial charge is 0.0113 e. The van der Waals surface area contributed by atoms with Gasteiger partial charge in [-0.15, -0.1) is 0 Å². The van der Waals surface area contributed by atoms with Crippen molar-refractivity contribution in [3.8, 4) is 0 Å². The summed E-state index contributed by atoms with van der Waals surface area (Å²) in [6.45, 7) is 44.6. The summed E-state index contributed by atoms with van der Waals surface area (Å²) in [7, 11) is 0. The van der Waals surface area contributed by atoms with Crippen LogP contribution in [-0.2, 0) is 0 Å². The van der Waals surface area contributed by atoms with Gasteiger partial charge >= 0.3 is 0 Å². The first-order chi connectivity index (χ1) is 25.2. The molecule has 2 saturated carbocycles. The van der Waals surface area contributed by atoms with E-state index in [1.165, 1.54) is 175 Å². The highest BCUT2D eigenvalue weighted by Gasteiger charge is 2.31. The minimum Gasteiger partial charge on any atom is -0.314 e. The van der Waals surface area contributed by atoms with Gasteiger partial charge in [0.15, 0.2) is 0 Å². The van der Waals surface area contributed by atoms with Crippen molar-refractivity contribution in [1.29, 1.82) is 0 Å². The van der Waals surface area contributed by atoms with Crippen molar-refractivity contribution in [3.63, 3.8) is 0 Å². The van der Waals surface area contributed by atoms with E-state index in [2.05, 4.69) is 108 Å². The molecule has 0 amide bonds. The predicted octanol–water partition coefficient (Wildman–Crippen LogP) is 12.2. The Balaban J connectivity index is 0. The normalized spacial score (nSPS) is 24.2. The van der Waals surface area contributed by atoms with Crippen LogP contribution in [0.2, 0.25) is 0 Å². The first-order valence-corrected chi connectivity index (χ1v) is 23.8. The van der Waals surface area contributed by atoms with E-state index in [-0.39, 0.29) is 0 Å². The summed E-state index contributed by atoms with van der Waals surface area (Å²) in [6, 6.07) is 2.66. The summed E-state index contributed by atoms with van der Waals surface area (Å²) in [5.41, 5.74) is 0. The molecule has 316 valence electrons. The predicted molar refractivity (Wildman–Crippen MR) is 239 cm³/mol. The highest BCUT2D eigenvalue weighted by molar-refractivity contribution is 4.88. The number of nitrogens with one attached hydrogen (secondary N) is 1. The van der Waals surface area contributed by atoms with Gasteiger partial charge in [0.1, 0.15) is 0 Å². The van der Waals surface area contributed by atoms with Crippen molar-refractivity contribution in [3.05, 3.63) is 0 Å². The van der Waals surface area contributed by atoms with Crippen LogP contribution in [0.3, 0.4) is 0 Å². The van der Waals surface area contributed by atoms with E-state index in [9.17, 15) is 0 Å². The lowest BCUT2D eigenvalue weighted by molar-refractivity contribution is 0.0548. The zero-order valence-electron chi connectivity index (χ0n) is 38.8. The maximum absolute atomic E-state index is 3.47. The number of rotatable bonds is 13. The minimum atomic E-state index is 0.833. The molecule has 2 aliphatic carbocycles. The molecule has 4 aliphatic rings. The van der Waals surface area contributed by atoms with Gasteiger partial charge in [-0.25, -0.2) is 0 Å². The van der Waals surface area contributed by atoms with Crippen LogP contribution in [0.5, 0.6) is 0 Å². The fraction of sp³-hybridized carbons (Fsp3) is 1.00. The molecule has 2 heterocycles. The summed E-state index contributed by atoms with van der Waals surface area (Å²) >= 11 is 0. The van der Waals surface area contributed by atoms with Gasteiger partial charge in [0.05, 0.1) is 0 Å². The Kier molecular flexibility index (Phi) is 39.1. The van der Waals surface area contributed by atoms with Crippen molar-refractivity contribution in [2.24, 2.45) is 17.8 Å². The summed E-state index contributed by atoms with van der Waals surface area (Å²) in [5.74, 6) is 2.90. The summed E-state index contributed by atoms with van der Waals surface area (Å²) in [4.78, 5) is 10.9. The maximum Gasteiger partial charge on any atom is 0.0113 e. The third-order valence-electron chi connectivity index (χ3n) is 11.0. The molecule has 0 aromatic heterocycles. The van der Waals surface area contributed by atoms with Gasteiger partial charge < -0.3 is 15.1 Å². The Bertz CT molecular complexity index is 631. The summed E-state index contributed by atoms with van der Waals surface area (Å²) in [6.07, 6.45) is 22.5. The van der Waals surface area contributed by atoms with Crippen LogP contribution in [0.15, 0.2) is 0 Å². The highest BCUT2D eigenvalue weighted by atomic mass is 15.3. The van der Waals surface area contributed by atoms with E-state index in [0.29, 0.717) is 0 Å². The lowest BCUT2D eigenvalue weighted by atomic mass is 9.74. The molecule has 5 nitrogen and oxygen atoms in total. The number of nitrogens with zero attached hydrogens (tertiary/aromatic N) is 4. The molecule has 2 saturated heterocycles. The zero-order chi connectivity index (χ0) is 39.6. The van der Waals surface area contributed by atoms with Crippen LogP contribution in [0, 0.1) is 17.8 Å². The third kappa shape index (κ3) is 25.8. The van der Waals surface area contributed by atoms with Gasteiger partial charge in [0.2, 0.25) is 0 Å². The largest absolute Gasteiger partial charge is 0.314 e. The van der Waals surface area contributed by atoms with Gasteiger partial charge in [0.25, 0.3) is 0 Å². The molecule has 0 bridgehead atoms. The Morgan fingerprint density at radius 2 is 0.923 bits per heavy atom. The van der Waals surface area contributed by atoms with E-state index >= 15 is 0 Å². The van der Waals surface area contributed by atoms with E-state index in [1.54, 1.807) is 0 Å². The Labute approximate surface area is 331 Å². The van der Waals surface area contributed by atoms with E-state index in [4.69, 9.17) is 0 Å². The zero-order valence-corrected chi connectivity index (χ0v) is 38.8. The SMILES string of the molecule is CC.CC(C)C.CCC.CCC.CCCC(CCC)C1CCC(N(CCC)CCC)CC1.CCN1CCN(C2CCC(N3CCNCC3)CC2)CC1. The Hall–Kier alpha value is -0.200. The van der Waals surface area contributed by atoms with Crippen molar-refractivity contribution in [1.82, 2.24) is 24.9 Å². The van der Waals surface area contributed by atoms with Crippen molar-refractivity contribution in [2.75, 3.05) is 72.0 Å². The van der Waals surface area contributed by atoms with Crippen LogP contribution < -0.4 is 5.32 Å². The molecular weight excluding hydrogens is 635 g/mol. The molecule has 0 unspecified atom stereocenters. The molecule has 0 aromatic rings. The molecule has 0 radical (unpaired) electrons. The molecule has 4 fully saturated rings. The number of hydrogen-bond donors (Lipinski definition) is 1. The lowest BCUT2D eigenvalue weighted by Gasteiger charge is -2.44. The summed E-state index contributed by atoms with van der Waals surface area (Å²) in [5, 5.41) is 3.47. The summed E-state index contributed by atoms with van der Waals surface area (Å²) < 4.78 is 0. The lowest BCUT2D eigenvalue weighted by Crippen LogP contribution is -2.53. The standard InChI is InChI=1S/C19H39N.C16H32N4.C4H10.2C3H8.C2H6/c1-5-9-17(10-6-2)18-11-13-19(14-12-18)20(15-7-3)16-8-4;1-2-18-11-13-20(14-12-18)16-5-3-15(4-6-16)19-9-7-17-8-10-19;1-4(2)3;2*1-3-2;1-2/h17-19H,5-16H2,1-4H3;15-17H,2-14H2,1H3;4H,1-3H3;2*3H2,1-2H3;1-2H3. The number of hydrogen-bond acceptors (Lipinski definition) is 5. The second-order valence-electron chi connectivity index (χ2n) is 16.8. The van der Waals surface area contributed by atoms with Crippen LogP contribution in [0.1, 0.15) is 200 Å². The second-order valence-corrected chi connectivity index (χ2v) is 16.8. The average Bonchev–Trinajstić information content (AvgIpc) is 3.17. The molecule has 0 atom stereocenters. The topological polar surface area (TPSA) is 25.0 Å².